The molecular weight excluding hydrogens is 436 g/mol. The molecule has 2 atom stereocenters. The molecule has 1 fully saturated rings. The Balaban J connectivity index is 1.53. The van der Waals surface area contributed by atoms with Crippen LogP contribution in [0, 0.1) is 0 Å². The molecule has 2 aromatic rings. The Bertz CT molecular complexity index is 934. The number of nitrogens with zero attached hydrogens (tertiary/aromatic N) is 1. The van der Waals surface area contributed by atoms with Crippen LogP contribution in [0.25, 0.3) is 0 Å². The normalized spacial score (nSPS) is 18.6. The third kappa shape index (κ3) is 7.74. The summed E-state index contributed by atoms with van der Waals surface area (Å²) in [7, 11) is 0. The molecule has 0 aliphatic heterocycles. The lowest BCUT2D eigenvalue weighted by molar-refractivity contribution is 0.0910. The van der Waals surface area contributed by atoms with E-state index in [1.54, 1.807) is 5.38 Å². The first kappa shape index (κ1) is 25.0. The summed E-state index contributed by atoms with van der Waals surface area (Å²) in [6.45, 7) is 10.5. The summed E-state index contributed by atoms with van der Waals surface area (Å²) in [4.78, 5) is 29.6. The third-order valence-electron chi connectivity index (χ3n) is 5.58. The van der Waals surface area contributed by atoms with Gasteiger partial charge in [0.05, 0.1) is 6.04 Å². The van der Waals surface area contributed by atoms with Gasteiger partial charge >= 0.3 is 6.03 Å². The molecule has 0 spiro atoms. The van der Waals surface area contributed by atoms with Crippen molar-refractivity contribution in [2.24, 2.45) is 0 Å². The average Bonchev–Trinajstić information content (AvgIpc) is 3.22. The lowest BCUT2D eigenvalue weighted by Gasteiger charge is -2.33. The molecule has 3 amide bonds. The molecule has 1 aromatic heterocycles. The summed E-state index contributed by atoms with van der Waals surface area (Å²) in [6, 6.07) is 7.64. The van der Waals surface area contributed by atoms with Gasteiger partial charge in [-0.2, -0.15) is 0 Å². The van der Waals surface area contributed by atoms with Crippen LogP contribution in [0.5, 0.6) is 5.75 Å². The van der Waals surface area contributed by atoms with Crippen molar-refractivity contribution in [2.45, 2.75) is 90.4 Å². The van der Waals surface area contributed by atoms with E-state index in [2.05, 4.69) is 46.9 Å². The number of carbonyl (C=O) groups excluding carboxylic acids is 2. The standard InChI is InChI=1S/C25H36N4O3S/c1-16(2)17-10-12-18(13-11-17)32-14-22-26-21(15-33-22)23(30)27-19-8-6-7-9-20(19)28-24(31)29-25(3,4)5/h10-13,15-16,19-20H,6-9,14H2,1-5H3,(H,27,30)(H2,28,29,31)/t19-,20+/m1/s1. The summed E-state index contributed by atoms with van der Waals surface area (Å²) < 4.78 is 5.83. The molecule has 0 saturated heterocycles. The molecule has 1 heterocycles. The average molecular weight is 473 g/mol. The first-order valence-corrected chi connectivity index (χ1v) is 12.6. The minimum atomic E-state index is -0.312. The van der Waals surface area contributed by atoms with Crippen LogP contribution in [-0.4, -0.2) is 34.5 Å². The van der Waals surface area contributed by atoms with E-state index >= 15 is 0 Å². The highest BCUT2D eigenvalue weighted by Gasteiger charge is 2.29. The van der Waals surface area contributed by atoms with Crippen molar-refractivity contribution in [3.63, 3.8) is 0 Å². The van der Waals surface area contributed by atoms with Gasteiger partial charge in [0.2, 0.25) is 0 Å². The number of carbonyl (C=O) groups is 2. The molecule has 180 valence electrons. The number of ether oxygens (including phenoxy) is 1. The van der Waals surface area contributed by atoms with Crippen LogP contribution in [0.15, 0.2) is 29.6 Å². The van der Waals surface area contributed by atoms with Gasteiger partial charge in [0.1, 0.15) is 23.1 Å². The molecule has 1 aliphatic carbocycles. The number of hydrogen-bond donors (Lipinski definition) is 3. The highest BCUT2D eigenvalue weighted by Crippen LogP contribution is 2.22. The van der Waals surface area contributed by atoms with E-state index in [1.165, 1.54) is 16.9 Å². The van der Waals surface area contributed by atoms with Crippen molar-refractivity contribution >= 4 is 23.3 Å². The molecule has 3 N–H and O–H groups in total. The lowest BCUT2D eigenvalue weighted by Crippen LogP contribution is -2.57. The van der Waals surface area contributed by atoms with E-state index in [-0.39, 0.29) is 29.6 Å². The highest BCUT2D eigenvalue weighted by molar-refractivity contribution is 7.09. The van der Waals surface area contributed by atoms with Gasteiger partial charge in [-0.1, -0.05) is 38.8 Å². The van der Waals surface area contributed by atoms with Gasteiger partial charge in [0.25, 0.3) is 5.91 Å². The summed E-state index contributed by atoms with van der Waals surface area (Å²) in [5, 5.41) is 11.5. The highest BCUT2D eigenvalue weighted by atomic mass is 32.1. The maximum Gasteiger partial charge on any atom is 0.315 e. The van der Waals surface area contributed by atoms with Crippen LogP contribution in [0.4, 0.5) is 4.79 Å². The van der Waals surface area contributed by atoms with E-state index in [4.69, 9.17) is 4.74 Å². The van der Waals surface area contributed by atoms with Crippen molar-refractivity contribution in [2.75, 3.05) is 0 Å². The van der Waals surface area contributed by atoms with E-state index in [9.17, 15) is 9.59 Å². The number of aromatic nitrogens is 1. The fourth-order valence-electron chi connectivity index (χ4n) is 3.84. The molecule has 3 rings (SSSR count). The van der Waals surface area contributed by atoms with Gasteiger partial charge in [-0.25, -0.2) is 9.78 Å². The lowest BCUT2D eigenvalue weighted by atomic mass is 9.90. The van der Waals surface area contributed by atoms with Gasteiger partial charge in [0, 0.05) is 17.0 Å². The van der Waals surface area contributed by atoms with Crippen molar-refractivity contribution in [3.05, 3.63) is 45.9 Å². The Kier molecular flexibility index (Phi) is 8.35. The van der Waals surface area contributed by atoms with Gasteiger partial charge in [-0.05, 0) is 57.2 Å². The van der Waals surface area contributed by atoms with Crippen molar-refractivity contribution in [3.8, 4) is 5.75 Å². The second-order valence-electron chi connectivity index (χ2n) is 9.96. The first-order valence-electron chi connectivity index (χ1n) is 11.7. The number of rotatable bonds is 7. The first-order chi connectivity index (χ1) is 15.6. The zero-order chi connectivity index (χ0) is 24.0. The number of benzene rings is 1. The predicted octanol–water partition coefficient (Wildman–Crippen LogP) is 4.98. The van der Waals surface area contributed by atoms with Crippen molar-refractivity contribution in [1.82, 2.24) is 20.9 Å². The second kappa shape index (κ2) is 11.0. The second-order valence-corrected chi connectivity index (χ2v) is 10.9. The minimum Gasteiger partial charge on any atom is -0.486 e. The molecule has 1 saturated carbocycles. The summed E-state index contributed by atoms with van der Waals surface area (Å²) in [5.74, 6) is 1.05. The van der Waals surface area contributed by atoms with Crippen molar-refractivity contribution in [1.29, 1.82) is 0 Å². The zero-order valence-corrected chi connectivity index (χ0v) is 21.1. The van der Waals surface area contributed by atoms with E-state index in [0.717, 1.165) is 36.4 Å². The van der Waals surface area contributed by atoms with Crippen LogP contribution in [0.2, 0.25) is 0 Å². The number of hydrogen-bond acceptors (Lipinski definition) is 5. The molecule has 1 aliphatic rings. The largest absolute Gasteiger partial charge is 0.486 e. The van der Waals surface area contributed by atoms with Gasteiger partial charge < -0.3 is 20.7 Å². The van der Waals surface area contributed by atoms with Crippen LogP contribution < -0.4 is 20.7 Å². The van der Waals surface area contributed by atoms with Crippen LogP contribution in [0.3, 0.4) is 0 Å². The third-order valence-corrected chi connectivity index (χ3v) is 6.40. The quantitative estimate of drug-likeness (QED) is 0.530. The molecule has 0 bridgehead atoms. The molecule has 33 heavy (non-hydrogen) atoms. The number of nitrogens with one attached hydrogen (secondary N) is 3. The summed E-state index contributed by atoms with van der Waals surface area (Å²) in [5.41, 5.74) is 1.34. The van der Waals surface area contributed by atoms with Crippen LogP contribution in [0.1, 0.15) is 87.3 Å². The van der Waals surface area contributed by atoms with Gasteiger partial charge in [0.15, 0.2) is 0 Å². The molecule has 0 radical (unpaired) electrons. The summed E-state index contributed by atoms with van der Waals surface area (Å²) >= 11 is 1.41. The molecular formula is C25H36N4O3S. The maximum absolute atomic E-state index is 12.8. The van der Waals surface area contributed by atoms with E-state index < -0.39 is 0 Å². The SMILES string of the molecule is CC(C)c1ccc(OCc2nc(C(=O)N[C@@H]3CCCC[C@@H]3NC(=O)NC(C)(C)C)cs2)cc1. The Labute approximate surface area is 200 Å². The van der Waals surface area contributed by atoms with Crippen LogP contribution >= 0.6 is 11.3 Å². The fraction of sp³-hybridized carbons (Fsp3) is 0.560. The molecule has 7 nitrogen and oxygen atoms in total. The fourth-order valence-corrected chi connectivity index (χ4v) is 4.52. The molecule has 0 unspecified atom stereocenters. The topological polar surface area (TPSA) is 92.3 Å². The van der Waals surface area contributed by atoms with Crippen LogP contribution in [-0.2, 0) is 6.61 Å². The zero-order valence-electron chi connectivity index (χ0n) is 20.2. The summed E-state index contributed by atoms with van der Waals surface area (Å²) in [6.07, 6.45) is 3.73. The van der Waals surface area contributed by atoms with E-state index in [0.29, 0.717) is 18.2 Å². The number of urea groups is 1. The smallest absolute Gasteiger partial charge is 0.315 e. The predicted molar refractivity (Wildman–Crippen MR) is 132 cm³/mol. The number of amides is 3. The van der Waals surface area contributed by atoms with Gasteiger partial charge in [-0.15, -0.1) is 11.3 Å². The Morgan fingerprint density at radius 3 is 2.33 bits per heavy atom. The van der Waals surface area contributed by atoms with E-state index in [1.807, 2.05) is 32.9 Å². The Morgan fingerprint density at radius 1 is 1.09 bits per heavy atom. The molecule has 8 heteroatoms. The minimum absolute atomic E-state index is 0.0969. The maximum atomic E-state index is 12.8. The van der Waals surface area contributed by atoms with Crippen molar-refractivity contribution < 1.29 is 14.3 Å². The Morgan fingerprint density at radius 2 is 1.73 bits per heavy atom. The monoisotopic (exact) mass is 472 g/mol. The number of thiazole rings is 1. The molecule has 1 aromatic carbocycles. The Hall–Kier alpha value is -2.61. The van der Waals surface area contributed by atoms with Gasteiger partial charge in [-0.3, -0.25) is 4.79 Å².